The Balaban J connectivity index is 1.94. The first kappa shape index (κ1) is 21.6. The Morgan fingerprint density at radius 3 is 2.55 bits per heavy atom. The maximum atomic E-state index is 12.3. The summed E-state index contributed by atoms with van der Waals surface area (Å²) >= 11 is 0. The van der Waals surface area contributed by atoms with Crippen LogP contribution < -0.4 is 25.0 Å². The summed E-state index contributed by atoms with van der Waals surface area (Å²) in [6.07, 6.45) is 2.02. The van der Waals surface area contributed by atoms with Gasteiger partial charge in [-0.1, -0.05) is 12.1 Å². The van der Waals surface area contributed by atoms with E-state index in [1.54, 1.807) is 14.2 Å². The largest absolute Gasteiger partial charge is 0.493 e. The van der Waals surface area contributed by atoms with Gasteiger partial charge >= 0.3 is 0 Å². The second kappa shape index (κ2) is 10.6. The van der Waals surface area contributed by atoms with Gasteiger partial charge in [-0.2, -0.15) is 5.26 Å². The number of amides is 1. The van der Waals surface area contributed by atoms with Crippen LogP contribution in [0.1, 0.15) is 5.56 Å². The number of nitrogens with one attached hydrogen (secondary N) is 2. The molecule has 7 nitrogen and oxygen atoms in total. The second-order valence-electron chi connectivity index (χ2n) is 6.45. The molecule has 29 heavy (non-hydrogen) atoms. The van der Waals surface area contributed by atoms with Crippen molar-refractivity contribution in [3.8, 4) is 17.6 Å². The molecule has 0 bridgehead atoms. The summed E-state index contributed by atoms with van der Waals surface area (Å²) in [5, 5.41) is 15.1. The van der Waals surface area contributed by atoms with Crippen LogP contribution in [0.4, 0.5) is 11.4 Å². The van der Waals surface area contributed by atoms with E-state index in [9.17, 15) is 10.1 Å². The van der Waals surface area contributed by atoms with Crippen molar-refractivity contribution in [2.75, 3.05) is 45.1 Å². The fraction of sp³-hybridized carbons (Fsp3) is 0.273. The highest BCUT2D eigenvalue weighted by Gasteiger charge is 2.09. The summed E-state index contributed by atoms with van der Waals surface area (Å²) < 4.78 is 10.5. The number of ether oxygens (including phenoxy) is 2. The van der Waals surface area contributed by atoms with Crippen LogP contribution in [-0.4, -0.2) is 40.8 Å². The molecule has 0 fully saturated rings. The number of carbonyl (C=O) groups excluding carboxylic acids is 1. The molecule has 152 valence electrons. The van der Waals surface area contributed by atoms with Gasteiger partial charge in [0.1, 0.15) is 11.6 Å². The van der Waals surface area contributed by atoms with Crippen LogP contribution in [0, 0.1) is 11.3 Å². The molecule has 0 spiro atoms. The number of nitrogens with zero attached hydrogens (tertiary/aromatic N) is 2. The average molecular weight is 394 g/mol. The van der Waals surface area contributed by atoms with Gasteiger partial charge in [0, 0.05) is 38.2 Å². The summed E-state index contributed by atoms with van der Waals surface area (Å²) in [4.78, 5) is 14.3. The molecule has 0 atom stereocenters. The molecular weight excluding hydrogens is 368 g/mol. The molecule has 0 unspecified atom stereocenters. The van der Waals surface area contributed by atoms with Crippen LogP contribution in [0.3, 0.4) is 0 Å². The van der Waals surface area contributed by atoms with E-state index in [2.05, 4.69) is 10.6 Å². The Morgan fingerprint density at radius 2 is 1.90 bits per heavy atom. The van der Waals surface area contributed by atoms with E-state index in [-0.39, 0.29) is 5.57 Å². The number of carbonyl (C=O) groups is 1. The Labute approximate surface area is 171 Å². The van der Waals surface area contributed by atoms with Gasteiger partial charge in [-0.15, -0.1) is 0 Å². The van der Waals surface area contributed by atoms with Gasteiger partial charge in [-0.3, -0.25) is 4.79 Å². The fourth-order valence-corrected chi connectivity index (χ4v) is 2.63. The lowest BCUT2D eigenvalue weighted by atomic mass is 10.1. The molecule has 0 aliphatic carbocycles. The molecular formula is C22H26N4O3. The number of hydrogen-bond acceptors (Lipinski definition) is 6. The minimum absolute atomic E-state index is 0.00701. The van der Waals surface area contributed by atoms with Gasteiger partial charge < -0.3 is 25.0 Å². The zero-order valence-corrected chi connectivity index (χ0v) is 17.2. The Morgan fingerprint density at radius 1 is 1.14 bits per heavy atom. The van der Waals surface area contributed by atoms with Crippen molar-refractivity contribution >= 4 is 17.3 Å². The quantitative estimate of drug-likeness (QED) is 0.502. The standard InChI is InChI=1S/C22H26N4O3/c1-26(2)19-7-5-6-18(13-19)25-15-17(14-23)22(27)24-11-10-16-8-9-20(28-3)21(12-16)29-4/h5-9,12-13,15,25H,10-11H2,1-4H3,(H,24,27)/b17-15-. The number of hydrogen-bond donors (Lipinski definition) is 2. The third-order valence-corrected chi connectivity index (χ3v) is 4.26. The smallest absolute Gasteiger partial charge is 0.263 e. The van der Waals surface area contributed by atoms with Crippen molar-refractivity contribution in [2.45, 2.75) is 6.42 Å². The second-order valence-corrected chi connectivity index (χ2v) is 6.45. The third-order valence-electron chi connectivity index (χ3n) is 4.26. The molecule has 2 aromatic rings. The average Bonchev–Trinajstić information content (AvgIpc) is 2.74. The van der Waals surface area contributed by atoms with E-state index < -0.39 is 5.91 Å². The van der Waals surface area contributed by atoms with Crippen molar-refractivity contribution in [1.29, 1.82) is 5.26 Å². The lowest BCUT2D eigenvalue weighted by Gasteiger charge is -2.13. The number of nitriles is 1. The predicted octanol–water partition coefficient (Wildman–Crippen LogP) is 2.95. The Kier molecular flexibility index (Phi) is 7.92. The summed E-state index contributed by atoms with van der Waals surface area (Å²) in [6.45, 7) is 0.392. The SMILES string of the molecule is COc1ccc(CCNC(=O)/C(C#N)=C\Nc2cccc(N(C)C)c2)cc1OC. The minimum atomic E-state index is -0.427. The zero-order chi connectivity index (χ0) is 21.2. The molecule has 0 saturated carbocycles. The highest BCUT2D eigenvalue weighted by Crippen LogP contribution is 2.27. The van der Waals surface area contributed by atoms with Gasteiger partial charge in [-0.25, -0.2) is 0 Å². The van der Waals surface area contributed by atoms with E-state index in [1.165, 1.54) is 6.20 Å². The fourth-order valence-electron chi connectivity index (χ4n) is 2.63. The predicted molar refractivity (Wildman–Crippen MR) is 114 cm³/mol. The van der Waals surface area contributed by atoms with Crippen LogP contribution >= 0.6 is 0 Å². The molecule has 2 rings (SSSR count). The van der Waals surface area contributed by atoms with Gasteiger partial charge in [0.05, 0.1) is 14.2 Å². The van der Waals surface area contributed by atoms with E-state index in [4.69, 9.17) is 9.47 Å². The maximum Gasteiger partial charge on any atom is 0.263 e. The first-order valence-electron chi connectivity index (χ1n) is 9.11. The number of rotatable bonds is 9. The Hall–Kier alpha value is -3.66. The number of benzene rings is 2. The highest BCUT2D eigenvalue weighted by atomic mass is 16.5. The van der Waals surface area contributed by atoms with Gasteiger partial charge in [0.25, 0.3) is 5.91 Å². The molecule has 0 aromatic heterocycles. The molecule has 1 amide bonds. The molecule has 2 aromatic carbocycles. The normalized spacial score (nSPS) is 10.7. The Bertz CT molecular complexity index is 917. The van der Waals surface area contributed by atoms with Gasteiger partial charge in [0.15, 0.2) is 11.5 Å². The molecule has 0 radical (unpaired) electrons. The molecule has 2 N–H and O–H groups in total. The van der Waals surface area contributed by atoms with E-state index in [0.717, 1.165) is 16.9 Å². The van der Waals surface area contributed by atoms with Gasteiger partial charge in [0.2, 0.25) is 0 Å². The number of anilines is 2. The van der Waals surface area contributed by atoms with Crippen molar-refractivity contribution in [3.63, 3.8) is 0 Å². The van der Waals surface area contributed by atoms with Gasteiger partial charge in [-0.05, 0) is 42.3 Å². The van der Waals surface area contributed by atoms with E-state index >= 15 is 0 Å². The summed E-state index contributed by atoms with van der Waals surface area (Å²) in [6, 6.07) is 15.2. The lowest BCUT2D eigenvalue weighted by Crippen LogP contribution is -2.27. The molecule has 0 aliphatic heterocycles. The highest BCUT2D eigenvalue weighted by molar-refractivity contribution is 5.97. The minimum Gasteiger partial charge on any atom is -0.493 e. The molecule has 0 heterocycles. The third kappa shape index (κ3) is 6.18. The van der Waals surface area contributed by atoms with Crippen LogP contribution in [0.15, 0.2) is 54.2 Å². The first-order valence-corrected chi connectivity index (χ1v) is 9.11. The van der Waals surface area contributed by atoms with Crippen LogP contribution in [0.2, 0.25) is 0 Å². The van der Waals surface area contributed by atoms with Crippen molar-refractivity contribution in [3.05, 3.63) is 59.8 Å². The molecule has 0 saturated heterocycles. The van der Waals surface area contributed by atoms with Crippen LogP contribution in [-0.2, 0) is 11.2 Å². The van der Waals surface area contributed by atoms with Crippen molar-refractivity contribution in [1.82, 2.24) is 5.32 Å². The maximum absolute atomic E-state index is 12.3. The topological polar surface area (TPSA) is 86.6 Å². The van der Waals surface area contributed by atoms with E-state index in [1.807, 2.05) is 67.5 Å². The molecule has 7 heteroatoms. The summed E-state index contributed by atoms with van der Waals surface area (Å²) in [7, 11) is 7.05. The van der Waals surface area contributed by atoms with E-state index in [0.29, 0.717) is 24.5 Å². The van der Waals surface area contributed by atoms with Crippen LogP contribution in [0.5, 0.6) is 11.5 Å². The zero-order valence-electron chi connectivity index (χ0n) is 17.2. The first-order chi connectivity index (χ1) is 14.0. The van der Waals surface area contributed by atoms with Crippen molar-refractivity contribution in [2.24, 2.45) is 0 Å². The monoisotopic (exact) mass is 394 g/mol. The lowest BCUT2D eigenvalue weighted by molar-refractivity contribution is -0.117. The van der Waals surface area contributed by atoms with Crippen LogP contribution in [0.25, 0.3) is 0 Å². The number of methoxy groups -OCH3 is 2. The van der Waals surface area contributed by atoms with Crippen molar-refractivity contribution < 1.29 is 14.3 Å². The summed E-state index contributed by atoms with van der Waals surface area (Å²) in [5.74, 6) is 0.863. The summed E-state index contributed by atoms with van der Waals surface area (Å²) in [5.41, 5.74) is 2.81. The molecule has 0 aliphatic rings.